The van der Waals surface area contributed by atoms with Gasteiger partial charge in [-0.05, 0) is 30.3 Å². The molecule has 0 radical (unpaired) electrons. The Kier molecular flexibility index (Phi) is 4.36. The van der Waals surface area contributed by atoms with Gasteiger partial charge in [-0.3, -0.25) is 4.98 Å². The third kappa shape index (κ3) is 3.34. The van der Waals surface area contributed by atoms with E-state index >= 15 is 0 Å². The molecule has 106 valence electrons. The van der Waals surface area contributed by atoms with Gasteiger partial charge in [0.1, 0.15) is 0 Å². The molecule has 0 fully saturated rings. The summed E-state index contributed by atoms with van der Waals surface area (Å²) < 4.78 is 25.3. The minimum Gasteiger partial charge on any atom is -0.379 e. The van der Waals surface area contributed by atoms with Crippen molar-refractivity contribution in [1.82, 2.24) is 9.29 Å². The summed E-state index contributed by atoms with van der Waals surface area (Å²) in [6.45, 7) is 0.548. The highest BCUT2D eigenvalue weighted by molar-refractivity contribution is 7.89. The van der Waals surface area contributed by atoms with Crippen molar-refractivity contribution < 1.29 is 8.42 Å². The van der Waals surface area contributed by atoms with E-state index in [-0.39, 0.29) is 4.90 Å². The summed E-state index contributed by atoms with van der Waals surface area (Å²) >= 11 is 0. The summed E-state index contributed by atoms with van der Waals surface area (Å²) in [5.41, 5.74) is 1.65. The second-order valence-corrected chi connectivity index (χ2v) is 6.64. The molecule has 0 saturated carbocycles. The molecule has 2 rings (SSSR count). The summed E-state index contributed by atoms with van der Waals surface area (Å²) in [6.07, 6.45) is 1.73. The topological polar surface area (TPSA) is 62.3 Å². The third-order valence-corrected chi connectivity index (χ3v) is 4.62. The molecule has 1 N–H and O–H groups in total. The Balaban J connectivity index is 2.15. The molecule has 6 heteroatoms. The molecule has 0 unspecified atom stereocenters. The number of nitrogens with zero attached hydrogens (tertiary/aromatic N) is 2. The maximum atomic E-state index is 12.0. The van der Waals surface area contributed by atoms with Crippen molar-refractivity contribution in [3.63, 3.8) is 0 Å². The average molecular weight is 291 g/mol. The summed E-state index contributed by atoms with van der Waals surface area (Å²) in [7, 11) is -0.370. The average Bonchev–Trinajstić information content (AvgIpc) is 2.46. The van der Waals surface area contributed by atoms with E-state index in [1.165, 1.54) is 18.4 Å². The van der Waals surface area contributed by atoms with Crippen molar-refractivity contribution in [1.29, 1.82) is 0 Å². The number of nitrogens with one attached hydrogen (secondary N) is 1. The molecule has 5 nitrogen and oxygen atoms in total. The fourth-order valence-corrected chi connectivity index (χ4v) is 2.62. The van der Waals surface area contributed by atoms with Gasteiger partial charge >= 0.3 is 0 Å². The molecular weight excluding hydrogens is 274 g/mol. The van der Waals surface area contributed by atoms with Crippen molar-refractivity contribution in [2.45, 2.75) is 11.4 Å². The Morgan fingerprint density at radius 3 is 2.60 bits per heavy atom. The molecule has 0 atom stereocenters. The van der Waals surface area contributed by atoms with E-state index in [0.717, 1.165) is 11.4 Å². The van der Waals surface area contributed by atoms with Crippen LogP contribution in [0.25, 0.3) is 0 Å². The molecule has 0 aliphatic carbocycles. The molecule has 1 heterocycles. The van der Waals surface area contributed by atoms with Crippen LogP contribution in [0.4, 0.5) is 5.69 Å². The second kappa shape index (κ2) is 6.02. The normalized spacial score (nSPS) is 11.6. The lowest BCUT2D eigenvalue weighted by atomic mass is 10.3. The van der Waals surface area contributed by atoms with Crippen molar-refractivity contribution in [2.75, 3.05) is 19.4 Å². The minimum atomic E-state index is -3.40. The molecule has 0 aliphatic rings. The third-order valence-electron chi connectivity index (χ3n) is 2.81. The van der Waals surface area contributed by atoms with Crippen LogP contribution in [0.3, 0.4) is 0 Å². The van der Waals surface area contributed by atoms with Crippen LogP contribution in [-0.4, -0.2) is 31.8 Å². The van der Waals surface area contributed by atoms with E-state index in [1.807, 2.05) is 24.3 Å². The van der Waals surface area contributed by atoms with Crippen molar-refractivity contribution in [3.05, 3.63) is 54.4 Å². The van der Waals surface area contributed by atoms with Gasteiger partial charge in [0, 0.05) is 26.0 Å². The van der Waals surface area contributed by atoms with Crippen LogP contribution < -0.4 is 5.32 Å². The first kappa shape index (κ1) is 14.5. The molecule has 20 heavy (non-hydrogen) atoms. The zero-order valence-electron chi connectivity index (χ0n) is 11.4. The number of anilines is 1. The molecule has 0 bridgehead atoms. The maximum Gasteiger partial charge on any atom is 0.242 e. The molecule has 2 aromatic rings. The van der Waals surface area contributed by atoms with Gasteiger partial charge in [0.25, 0.3) is 0 Å². The number of rotatable bonds is 5. The Morgan fingerprint density at radius 2 is 1.95 bits per heavy atom. The number of benzene rings is 1. The maximum absolute atomic E-state index is 12.0. The summed E-state index contributed by atoms with van der Waals surface area (Å²) in [5.74, 6) is 0. The highest BCUT2D eigenvalue weighted by Crippen LogP contribution is 2.18. The van der Waals surface area contributed by atoms with Gasteiger partial charge in [0.05, 0.1) is 17.1 Å². The molecule has 0 spiro atoms. The smallest absolute Gasteiger partial charge is 0.242 e. The SMILES string of the molecule is CN(C)S(=O)(=O)c1cccc(NCc2ccccn2)c1. The van der Waals surface area contributed by atoms with Crippen molar-refractivity contribution in [3.8, 4) is 0 Å². The summed E-state index contributed by atoms with van der Waals surface area (Å²) in [4.78, 5) is 4.48. The predicted molar refractivity (Wildman–Crippen MR) is 78.9 cm³/mol. The molecule has 0 aliphatic heterocycles. The van der Waals surface area contributed by atoms with E-state index in [0.29, 0.717) is 6.54 Å². The van der Waals surface area contributed by atoms with Gasteiger partial charge in [-0.25, -0.2) is 12.7 Å². The fourth-order valence-electron chi connectivity index (χ4n) is 1.67. The van der Waals surface area contributed by atoms with Gasteiger partial charge < -0.3 is 5.32 Å². The Hall–Kier alpha value is -1.92. The molecule has 0 saturated heterocycles. The molecule has 1 aromatic carbocycles. The Morgan fingerprint density at radius 1 is 1.15 bits per heavy atom. The van der Waals surface area contributed by atoms with E-state index in [2.05, 4.69) is 10.3 Å². The lowest BCUT2D eigenvalue weighted by Gasteiger charge is -2.13. The van der Waals surface area contributed by atoms with E-state index in [4.69, 9.17) is 0 Å². The molecule has 1 aromatic heterocycles. The first-order valence-electron chi connectivity index (χ1n) is 6.16. The highest BCUT2D eigenvalue weighted by atomic mass is 32.2. The number of hydrogen-bond donors (Lipinski definition) is 1. The predicted octanol–water partition coefficient (Wildman–Crippen LogP) is 1.94. The van der Waals surface area contributed by atoms with Gasteiger partial charge in [-0.2, -0.15) is 0 Å². The molecule has 0 amide bonds. The Bertz CT molecular complexity index is 670. The fraction of sp³-hybridized carbons (Fsp3) is 0.214. The van der Waals surface area contributed by atoms with Crippen LogP contribution in [0.1, 0.15) is 5.69 Å². The van der Waals surface area contributed by atoms with E-state index in [9.17, 15) is 8.42 Å². The lowest BCUT2D eigenvalue weighted by Crippen LogP contribution is -2.22. The summed E-state index contributed by atoms with van der Waals surface area (Å²) in [5, 5.41) is 3.17. The number of hydrogen-bond acceptors (Lipinski definition) is 4. The van der Waals surface area contributed by atoms with Gasteiger partial charge in [0.2, 0.25) is 10.0 Å². The first-order valence-corrected chi connectivity index (χ1v) is 7.60. The van der Waals surface area contributed by atoms with Crippen molar-refractivity contribution >= 4 is 15.7 Å². The minimum absolute atomic E-state index is 0.272. The van der Waals surface area contributed by atoms with Crippen LogP contribution in [0, 0.1) is 0 Å². The highest BCUT2D eigenvalue weighted by Gasteiger charge is 2.16. The number of pyridine rings is 1. The van der Waals surface area contributed by atoms with Crippen molar-refractivity contribution in [2.24, 2.45) is 0 Å². The van der Waals surface area contributed by atoms with Gasteiger partial charge in [0.15, 0.2) is 0 Å². The number of aromatic nitrogens is 1. The largest absolute Gasteiger partial charge is 0.379 e. The zero-order valence-corrected chi connectivity index (χ0v) is 12.3. The zero-order chi connectivity index (χ0) is 14.6. The number of sulfonamides is 1. The lowest BCUT2D eigenvalue weighted by molar-refractivity contribution is 0.521. The van der Waals surface area contributed by atoms with E-state index < -0.39 is 10.0 Å². The van der Waals surface area contributed by atoms with Crippen LogP contribution in [-0.2, 0) is 16.6 Å². The van der Waals surface area contributed by atoms with Gasteiger partial charge in [-0.15, -0.1) is 0 Å². The van der Waals surface area contributed by atoms with Crippen LogP contribution in [0.2, 0.25) is 0 Å². The van der Waals surface area contributed by atoms with Crippen LogP contribution >= 0.6 is 0 Å². The molecular formula is C14H17N3O2S. The van der Waals surface area contributed by atoms with Crippen LogP contribution in [0.5, 0.6) is 0 Å². The summed E-state index contributed by atoms with van der Waals surface area (Å²) in [6, 6.07) is 12.4. The Labute approximate surface area is 119 Å². The quantitative estimate of drug-likeness (QED) is 0.914. The van der Waals surface area contributed by atoms with Crippen LogP contribution in [0.15, 0.2) is 53.6 Å². The van der Waals surface area contributed by atoms with E-state index in [1.54, 1.807) is 24.4 Å². The van der Waals surface area contributed by atoms with Gasteiger partial charge in [-0.1, -0.05) is 12.1 Å². The standard InChI is InChI=1S/C14H17N3O2S/c1-17(2)20(18,19)14-8-5-7-12(10-14)16-11-13-6-3-4-9-15-13/h3-10,16H,11H2,1-2H3. The monoisotopic (exact) mass is 291 g/mol. The second-order valence-electron chi connectivity index (χ2n) is 4.49. The first-order chi connectivity index (χ1) is 9.50.